The second-order valence-corrected chi connectivity index (χ2v) is 2.68. The van der Waals surface area contributed by atoms with E-state index >= 15 is 0 Å². The standard InChI is InChI=1S/C9H13NO2/c10-5-2-1-3-9(11)8-4-6-12-7-8/h4,6-7H,1-3,5,10H2. The minimum Gasteiger partial charge on any atom is -0.472 e. The molecule has 0 unspecified atom stereocenters. The summed E-state index contributed by atoms with van der Waals surface area (Å²) in [6.45, 7) is 0.651. The van der Waals surface area contributed by atoms with Gasteiger partial charge in [-0.05, 0) is 25.5 Å². The molecule has 0 radical (unpaired) electrons. The number of hydrogen-bond acceptors (Lipinski definition) is 3. The number of hydrogen-bond donors (Lipinski definition) is 1. The summed E-state index contributed by atoms with van der Waals surface area (Å²) in [5.74, 6) is 0.136. The van der Waals surface area contributed by atoms with Gasteiger partial charge in [0.1, 0.15) is 6.26 Å². The molecule has 0 aliphatic carbocycles. The quantitative estimate of drug-likeness (QED) is 0.535. The Kier molecular flexibility index (Phi) is 3.54. The molecule has 0 aromatic carbocycles. The summed E-state index contributed by atoms with van der Waals surface area (Å²) in [4.78, 5) is 11.3. The Morgan fingerprint density at radius 3 is 2.92 bits per heavy atom. The molecule has 12 heavy (non-hydrogen) atoms. The second kappa shape index (κ2) is 4.72. The fourth-order valence-corrected chi connectivity index (χ4v) is 0.997. The van der Waals surface area contributed by atoms with Gasteiger partial charge in [0.15, 0.2) is 5.78 Å². The topological polar surface area (TPSA) is 56.2 Å². The fourth-order valence-electron chi connectivity index (χ4n) is 0.997. The Morgan fingerprint density at radius 1 is 1.50 bits per heavy atom. The summed E-state index contributed by atoms with van der Waals surface area (Å²) in [6, 6.07) is 1.69. The molecule has 1 heterocycles. The first-order valence-electron chi connectivity index (χ1n) is 4.10. The number of Topliss-reactive ketones (excluding diaryl/α,β-unsaturated/α-hetero) is 1. The van der Waals surface area contributed by atoms with E-state index in [1.165, 1.54) is 12.5 Å². The summed E-state index contributed by atoms with van der Waals surface area (Å²) >= 11 is 0. The number of nitrogens with two attached hydrogens (primary N) is 1. The normalized spacial score (nSPS) is 10.1. The van der Waals surface area contributed by atoms with Gasteiger partial charge in [0, 0.05) is 6.42 Å². The maximum Gasteiger partial charge on any atom is 0.166 e. The summed E-state index contributed by atoms with van der Waals surface area (Å²) in [5, 5.41) is 0. The van der Waals surface area contributed by atoms with Crippen LogP contribution >= 0.6 is 0 Å². The van der Waals surface area contributed by atoms with Crippen molar-refractivity contribution in [2.75, 3.05) is 6.54 Å². The molecule has 0 aliphatic rings. The molecule has 3 heteroatoms. The zero-order valence-corrected chi connectivity index (χ0v) is 6.95. The van der Waals surface area contributed by atoms with E-state index in [1.54, 1.807) is 6.07 Å². The van der Waals surface area contributed by atoms with Gasteiger partial charge in [-0.3, -0.25) is 4.79 Å². The maximum absolute atomic E-state index is 11.3. The Bertz CT molecular complexity index is 229. The van der Waals surface area contributed by atoms with Crippen LogP contribution in [0.2, 0.25) is 0 Å². The molecule has 0 aliphatic heterocycles. The van der Waals surface area contributed by atoms with Crippen LogP contribution in [0.5, 0.6) is 0 Å². The van der Waals surface area contributed by atoms with Gasteiger partial charge in [0.05, 0.1) is 11.8 Å². The van der Waals surface area contributed by atoms with Gasteiger partial charge in [-0.1, -0.05) is 0 Å². The summed E-state index contributed by atoms with van der Waals surface area (Å²) in [6.07, 6.45) is 5.32. The molecule has 0 spiro atoms. The second-order valence-electron chi connectivity index (χ2n) is 2.68. The first-order chi connectivity index (χ1) is 5.84. The molecular weight excluding hydrogens is 154 g/mol. The molecule has 66 valence electrons. The lowest BCUT2D eigenvalue weighted by molar-refractivity contribution is 0.0979. The molecule has 0 amide bonds. The summed E-state index contributed by atoms with van der Waals surface area (Å²) in [5.41, 5.74) is 5.96. The van der Waals surface area contributed by atoms with Crippen molar-refractivity contribution in [3.8, 4) is 0 Å². The number of carbonyl (C=O) groups excluding carboxylic acids is 1. The van der Waals surface area contributed by atoms with Crippen molar-refractivity contribution in [2.45, 2.75) is 19.3 Å². The molecular formula is C9H13NO2. The lowest BCUT2D eigenvalue weighted by atomic mass is 10.1. The van der Waals surface area contributed by atoms with Crippen molar-refractivity contribution in [3.05, 3.63) is 24.2 Å². The molecule has 0 bridgehead atoms. The number of unbranched alkanes of at least 4 members (excludes halogenated alkanes) is 1. The van der Waals surface area contributed by atoms with E-state index in [2.05, 4.69) is 0 Å². The van der Waals surface area contributed by atoms with E-state index < -0.39 is 0 Å². The highest BCUT2D eigenvalue weighted by Gasteiger charge is 2.05. The third-order valence-corrected chi connectivity index (χ3v) is 1.70. The van der Waals surface area contributed by atoms with Gasteiger partial charge >= 0.3 is 0 Å². The van der Waals surface area contributed by atoms with Gasteiger partial charge < -0.3 is 10.2 Å². The number of rotatable bonds is 5. The van der Waals surface area contributed by atoms with Crippen LogP contribution in [0.1, 0.15) is 29.6 Å². The predicted octanol–water partition coefficient (Wildman–Crippen LogP) is 1.59. The van der Waals surface area contributed by atoms with Crippen LogP contribution < -0.4 is 5.73 Å². The highest BCUT2D eigenvalue weighted by molar-refractivity contribution is 5.95. The summed E-state index contributed by atoms with van der Waals surface area (Å²) in [7, 11) is 0. The van der Waals surface area contributed by atoms with Gasteiger partial charge in [-0.15, -0.1) is 0 Å². The van der Waals surface area contributed by atoms with Crippen LogP contribution in [0.15, 0.2) is 23.0 Å². The lowest BCUT2D eigenvalue weighted by Crippen LogP contribution is -2.01. The highest BCUT2D eigenvalue weighted by atomic mass is 16.3. The molecule has 1 rings (SSSR count). The average molecular weight is 167 g/mol. The van der Waals surface area contributed by atoms with Gasteiger partial charge in [0.2, 0.25) is 0 Å². The first kappa shape index (κ1) is 9.00. The maximum atomic E-state index is 11.3. The van der Waals surface area contributed by atoms with E-state index in [4.69, 9.17) is 10.2 Å². The van der Waals surface area contributed by atoms with E-state index in [0.29, 0.717) is 18.5 Å². The minimum atomic E-state index is 0.136. The van der Waals surface area contributed by atoms with E-state index in [-0.39, 0.29) is 5.78 Å². The van der Waals surface area contributed by atoms with E-state index in [0.717, 1.165) is 12.8 Å². The van der Waals surface area contributed by atoms with Gasteiger partial charge in [-0.2, -0.15) is 0 Å². The van der Waals surface area contributed by atoms with Crippen molar-refractivity contribution < 1.29 is 9.21 Å². The van der Waals surface area contributed by atoms with Crippen molar-refractivity contribution >= 4 is 5.78 Å². The van der Waals surface area contributed by atoms with Crippen LogP contribution in [0.25, 0.3) is 0 Å². The van der Waals surface area contributed by atoms with Crippen molar-refractivity contribution in [3.63, 3.8) is 0 Å². The largest absolute Gasteiger partial charge is 0.472 e. The molecule has 1 aromatic rings. The Balaban J connectivity index is 2.30. The molecule has 1 aromatic heterocycles. The lowest BCUT2D eigenvalue weighted by Gasteiger charge is -1.95. The first-order valence-corrected chi connectivity index (χ1v) is 4.10. The molecule has 2 N–H and O–H groups in total. The Morgan fingerprint density at radius 2 is 2.33 bits per heavy atom. The van der Waals surface area contributed by atoms with E-state index in [9.17, 15) is 4.79 Å². The van der Waals surface area contributed by atoms with Crippen molar-refractivity contribution in [2.24, 2.45) is 5.73 Å². The van der Waals surface area contributed by atoms with E-state index in [1.807, 2.05) is 0 Å². The van der Waals surface area contributed by atoms with Crippen LogP contribution in [0.4, 0.5) is 0 Å². The molecule has 0 saturated heterocycles. The smallest absolute Gasteiger partial charge is 0.166 e. The van der Waals surface area contributed by atoms with Gasteiger partial charge in [-0.25, -0.2) is 0 Å². The van der Waals surface area contributed by atoms with Crippen LogP contribution in [-0.2, 0) is 0 Å². The van der Waals surface area contributed by atoms with Crippen LogP contribution in [-0.4, -0.2) is 12.3 Å². The zero-order valence-electron chi connectivity index (χ0n) is 6.95. The Hall–Kier alpha value is -1.09. The van der Waals surface area contributed by atoms with Crippen molar-refractivity contribution in [1.29, 1.82) is 0 Å². The number of carbonyl (C=O) groups is 1. The molecule has 0 saturated carbocycles. The van der Waals surface area contributed by atoms with Crippen LogP contribution in [0, 0.1) is 0 Å². The summed E-state index contributed by atoms with van der Waals surface area (Å²) < 4.78 is 4.80. The Labute approximate surface area is 71.6 Å². The van der Waals surface area contributed by atoms with Gasteiger partial charge in [0.25, 0.3) is 0 Å². The van der Waals surface area contributed by atoms with Crippen LogP contribution in [0.3, 0.4) is 0 Å². The predicted molar refractivity (Wildman–Crippen MR) is 45.9 cm³/mol. The third-order valence-electron chi connectivity index (χ3n) is 1.70. The monoisotopic (exact) mass is 167 g/mol. The number of furan rings is 1. The molecule has 3 nitrogen and oxygen atoms in total. The average Bonchev–Trinajstić information content (AvgIpc) is 2.56. The molecule has 0 fully saturated rings. The SMILES string of the molecule is NCCCCC(=O)c1ccoc1. The zero-order chi connectivity index (χ0) is 8.81. The molecule has 0 atom stereocenters. The minimum absolute atomic E-state index is 0.136. The number of ketones is 1. The fraction of sp³-hybridized carbons (Fsp3) is 0.444. The highest BCUT2D eigenvalue weighted by Crippen LogP contribution is 2.06. The third kappa shape index (κ3) is 2.51. The van der Waals surface area contributed by atoms with Crippen molar-refractivity contribution in [1.82, 2.24) is 0 Å².